The van der Waals surface area contributed by atoms with Gasteiger partial charge >= 0.3 is 0 Å². The van der Waals surface area contributed by atoms with Crippen molar-refractivity contribution in [1.82, 2.24) is 0 Å². The van der Waals surface area contributed by atoms with E-state index in [1.807, 2.05) is 64.1 Å². The number of ether oxygens (including phenoxy) is 4. The molecular formula is C26H32O4S. The molecule has 31 heavy (non-hydrogen) atoms. The average Bonchev–Trinajstić information content (AvgIpc) is 3.01. The summed E-state index contributed by atoms with van der Waals surface area (Å²) < 4.78 is 23.8. The van der Waals surface area contributed by atoms with Gasteiger partial charge < -0.3 is 18.9 Å². The molecule has 5 heteroatoms. The highest BCUT2D eigenvalue weighted by molar-refractivity contribution is 7.19. The molecule has 0 aliphatic rings. The van der Waals surface area contributed by atoms with Crippen LogP contribution in [0.25, 0.3) is 20.9 Å². The molecule has 3 aromatic rings. The van der Waals surface area contributed by atoms with Gasteiger partial charge in [0.05, 0.1) is 37.6 Å². The third-order valence-electron chi connectivity index (χ3n) is 5.04. The van der Waals surface area contributed by atoms with E-state index < -0.39 is 0 Å². The minimum Gasteiger partial charge on any atom is -0.496 e. The fraction of sp³-hybridized carbons (Fsp3) is 0.385. The molecule has 0 atom stereocenters. The Morgan fingerprint density at radius 2 is 0.968 bits per heavy atom. The lowest BCUT2D eigenvalue weighted by Gasteiger charge is -2.17. The molecule has 0 amide bonds. The van der Waals surface area contributed by atoms with Crippen LogP contribution in [0, 0.1) is 13.8 Å². The summed E-state index contributed by atoms with van der Waals surface area (Å²) in [4.78, 5) is 2.25. The summed E-state index contributed by atoms with van der Waals surface area (Å²) in [6.07, 6.45) is 0.124. The molecule has 0 aliphatic heterocycles. The molecule has 0 bridgehead atoms. The summed E-state index contributed by atoms with van der Waals surface area (Å²) in [5.41, 5.74) is 4.35. The van der Waals surface area contributed by atoms with Gasteiger partial charge in [-0.1, -0.05) is 12.1 Å². The average molecular weight is 441 g/mol. The van der Waals surface area contributed by atoms with Crippen molar-refractivity contribution < 1.29 is 18.9 Å². The van der Waals surface area contributed by atoms with Crippen molar-refractivity contribution in [3.05, 3.63) is 47.5 Å². The summed E-state index contributed by atoms with van der Waals surface area (Å²) in [5.74, 6) is 3.24. The van der Waals surface area contributed by atoms with Crippen LogP contribution >= 0.6 is 11.3 Å². The standard InChI is InChI=1S/C26H32O4S/c1-15(2)29-21-13-9-11-19(27-7)23(21)25-17(5)18(6)26(31-25)24-20(28-8)12-10-14-22(24)30-16(3)4/h9-16H,1-8H3. The fourth-order valence-corrected chi connectivity index (χ4v) is 5.01. The van der Waals surface area contributed by atoms with Gasteiger partial charge in [-0.25, -0.2) is 0 Å². The summed E-state index contributed by atoms with van der Waals surface area (Å²) in [6.45, 7) is 12.4. The molecule has 0 saturated heterocycles. The Balaban J connectivity index is 2.27. The minimum atomic E-state index is 0.0620. The number of thiophene rings is 1. The molecular weight excluding hydrogens is 408 g/mol. The highest BCUT2D eigenvalue weighted by atomic mass is 32.1. The molecule has 0 fully saturated rings. The second-order valence-corrected chi connectivity index (χ2v) is 9.03. The summed E-state index contributed by atoms with van der Waals surface area (Å²) >= 11 is 1.71. The number of rotatable bonds is 8. The Hall–Kier alpha value is -2.66. The molecule has 0 spiro atoms. The maximum Gasteiger partial charge on any atom is 0.132 e. The zero-order valence-electron chi connectivity index (χ0n) is 19.7. The normalized spacial score (nSPS) is 11.2. The largest absolute Gasteiger partial charge is 0.496 e. The van der Waals surface area contributed by atoms with E-state index in [0.717, 1.165) is 43.9 Å². The summed E-state index contributed by atoms with van der Waals surface area (Å²) in [6, 6.07) is 11.9. The Labute approximate surface area is 189 Å². The van der Waals surface area contributed by atoms with Crippen LogP contribution in [0.1, 0.15) is 38.8 Å². The summed E-state index contributed by atoms with van der Waals surface area (Å²) in [7, 11) is 3.40. The van der Waals surface area contributed by atoms with Gasteiger partial charge in [-0.05, 0) is 76.9 Å². The van der Waals surface area contributed by atoms with Gasteiger partial charge in [0.15, 0.2) is 0 Å². The number of methoxy groups -OCH3 is 2. The van der Waals surface area contributed by atoms with Crippen LogP contribution in [-0.2, 0) is 0 Å². The smallest absolute Gasteiger partial charge is 0.132 e. The van der Waals surface area contributed by atoms with Gasteiger partial charge in [0.25, 0.3) is 0 Å². The van der Waals surface area contributed by atoms with Gasteiger partial charge in [-0.3, -0.25) is 0 Å². The second-order valence-electron chi connectivity index (χ2n) is 8.01. The van der Waals surface area contributed by atoms with Crippen molar-refractivity contribution in [3.63, 3.8) is 0 Å². The molecule has 1 heterocycles. The Morgan fingerprint density at radius 3 is 1.29 bits per heavy atom. The SMILES string of the molecule is COc1cccc(OC(C)C)c1-c1sc(-c2c(OC)cccc2OC(C)C)c(C)c1C. The van der Waals surface area contributed by atoms with Crippen LogP contribution in [0.2, 0.25) is 0 Å². The van der Waals surface area contributed by atoms with Gasteiger partial charge in [0.2, 0.25) is 0 Å². The van der Waals surface area contributed by atoms with Crippen molar-refractivity contribution in [2.24, 2.45) is 0 Å². The van der Waals surface area contributed by atoms with Crippen LogP contribution in [-0.4, -0.2) is 26.4 Å². The highest BCUT2D eigenvalue weighted by Gasteiger charge is 2.25. The van der Waals surface area contributed by atoms with Crippen LogP contribution < -0.4 is 18.9 Å². The molecule has 0 unspecified atom stereocenters. The van der Waals surface area contributed by atoms with E-state index in [9.17, 15) is 0 Å². The lowest BCUT2D eigenvalue weighted by molar-refractivity contribution is 0.242. The third kappa shape index (κ3) is 4.67. The van der Waals surface area contributed by atoms with Gasteiger partial charge in [-0.2, -0.15) is 0 Å². The number of hydrogen-bond donors (Lipinski definition) is 0. The number of hydrogen-bond acceptors (Lipinski definition) is 5. The van der Waals surface area contributed by atoms with Crippen molar-refractivity contribution >= 4 is 11.3 Å². The third-order valence-corrected chi connectivity index (χ3v) is 6.47. The zero-order chi connectivity index (χ0) is 22.7. The van der Waals surface area contributed by atoms with E-state index >= 15 is 0 Å². The first-order valence-electron chi connectivity index (χ1n) is 10.6. The lowest BCUT2D eigenvalue weighted by Crippen LogP contribution is -2.07. The monoisotopic (exact) mass is 440 g/mol. The van der Waals surface area contributed by atoms with Gasteiger partial charge in [0, 0.05) is 9.75 Å². The quantitative estimate of drug-likeness (QED) is 0.368. The van der Waals surface area contributed by atoms with Crippen LogP contribution in [0.3, 0.4) is 0 Å². The first-order valence-corrected chi connectivity index (χ1v) is 11.4. The predicted molar refractivity (Wildman–Crippen MR) is 129 cm³/mol. The van der Waals surface area contributed by atoms with Crippen molar-refractivity contribution in [2.45, 2.75) is 53.8 Å². The fourth-order valence-electron chi connectivity index (χ4n) is 3.59. The van der Waals surface area contributed by atoms with E-state index in [0.29, 0.717) is 0 Å². The molecule has 2 aromatic carbocycles. The van der Waals surface area contributed by atoms with Crippen LogP contribution in [0.4, 0.5) is 0 Å². The molecule has 0 radical (unpaired) electrons. The van der Waals surface area contributed by atoms with E-state index in [-0.39, 0.29) is 12.2 Å². The molecule has 4 nitrogen and oxygen atoms in total. The molecule has 0 saturated carbocycles. The lowest BCUT2D eigenvalue weighted by atomic mass is 10.0. The summed E-state index contributed by atoms with van der Waals surface area (Å²) in [5, 5.41) is 0. The van der Waals surface area contributed by atoms with E-state index in [4.69, 9.17) is 18.9 Å². The maximum absolute atomic E-state index is 6.15. The van der Waals surface area contributed by atoms with Crippen LogP contribution in [0.15, 0.2) is 36.4 Å². The minimum absolute atomic E-state index is 0.0620. The Bertz CT molecular complexity index is 968. The molecule has 0 aliphatic carbocycles. The first-order chi connectivity index (χ1) is 14.8. The van der Waals surface area contributed by atoms with Gasteiger partial charge in [0.1, 0.15) is 23.0 Å². The zero-order valence-corrected chi connectivity index (χ0v) is 20.5. The molecule has 166 valence electrons. The van der Waals surface area contributed by atoms with Crippen molar-refractivity contribution in [2.75, 3.05) is 14.2 Å². The molecule has 1 aromatic heterocycles. The van der Waals surface area contributed by atoms with Gasteiger partial charge in [-0.15, -0.1) is 11.3 Å². The topological polar surface area (TPSA) is 36.9 Å². The van der Waals surface area contributed by atoms with E-state index in [1.54, 1.807) is 25.6 Å². The number of benzene rings is 2. The van der Waals surface area contributed by atoms with Crippen molar-refractivity contribution in [3.8, 4) is 43.9 Å². The predicted octanol–water partition coefficient (Wildman–Crippen LogP) is 7.29. The molecule has 3 rings (SSSR count). The van der Waals surface area contributed by atoms with Crippen LogP contribution in [0.5, 0.6) is 23.0 Å². The van der Waals surface area contributed by atoms with E-state index in [2.05, 4.69) is 13.8 Å². The Kier molecular flexibility index (Phi) is 7.16. The maximum atomic E-state index is 6.15. The Morgan fingerprint density at radius 1 is 0.613 bits per heavy atom. The van der Waals surface area contributed by atoms with Crippen molar-refractivity contribution in [1.29, 1.82) is 0 Å². The highest BCUT2D eigenvalue weighted by Crippen LogP contribution is 2.51. The van der Waals surface area contributed by atoms with E-state index in [1.165, 1.54) is 11.1 Å². The molecule has 0 N–H and O–H groups in total. The first kappa shape index (κ1) is 23.0. The second kappa shape index (κ2) is 9.65.